The normalized spacial score (nSPS) is 13.6. The Balaban J connectivity index is 2.62. The van der Waals surface area contributed by atoms with Gasteiger partial charge in [0.05, 0.1) is 11.0 Å². The van der Waals surface area contributed by atoms with Crippen LogP contribution >= 0.6 is 11.6 Å². The molecule has 3 N–H and O–H groups in total. The molecule has 0 aliphatic rings. The van der Waals surface area contributed by atoms with Crippen LogP contribution in [0.1, 0.15) is 12.7 Å². The summed E-state index contributed by atoms with van der Waals surface area (Å²) in [6.07, 6.45) is 3.36. The Morgan fingerprint density at radius 2 is 2.17 bits per heavy atom. The van der Waals surface area contributed by atoms with Gasteiger partial charge in [0.1, 0.15) is 5.82 Å². The van der Waals surface area contributed by atoms with Crippen molar-refractivity contribution in [3.05, 3.63) is 59.6 Å². The first kappa shape index (κ1) is 12.5. The van der Waals surface area contributed by atoms with Gasteiger partial charge in [-0.2, -0.15) is 0 Å². The average Bonchev–Trinajstić information content (AvgIpc) is 2.78. The van der Waals surface area contributed by atoms with E-state index in [2.05, 4.69) is 16.5 Å². The number of rotatable bonds is 3. The van der Waals surface area contributed by atoms with E-state index in [0.717, 1.165) is 16.6 Å². The van der Waals surface area contributed by atoms with Gasteiger partial charge in [0.2, 0.25) is 0 Å². The zero-order valence-electron chi connectivity index (χ0n) is 10.1. The third-order valence-electron chi connectivity index (χ3n) is 2.52. The van der Waals surface area contributed by atoms with E-state index in [0.29, 0.717) is 16.6 Å². The number of para-hydroxylation sites is 2. The van der Waals surface area contributed by atoms with Crippen LogP contribution in [0.25, 0.3) is 16.6 Å². The highest BCUT2D eigenvalue weighted by atomic mass is 35.5. The number of nitrogens with two attached hydrogens (primary N) is 1. The van der Waals surface area contributed by atoms with E-state index in [4.69, 9.17) is 17.3 Å². The van der Waals surface area contributed by atoms with Gasteiger partial charge in [0, 0.05) is 16.3 Å². The number of fused-ring (bicyclic) bond motifs is 1. The molecule has 3 nitrogen and oxygen atoms in total. The SMILES string of the molecule is C=C/C(N)=C(\C=C(/C)Cl)c1nc2ccccc2[nH]1. The number of halogens is 1. The summed E-state index contributed by atoms with van der Waals surface area (Å²) < 4.78 is 0. The van der Waals surface area contributed by atoms with E-state index in [-0.39, 0.29) is 0 Å². The molecule has 0 radical (unpaired) electrons. The second-order valence-corrected chi connectivity index (χ2v) is 4.50. The van der Waals surface area contributed by atoms with Crippen molar-refractivity contribution in [1.82, 2.24) is 9.97 Å². The molecule has 4 heteroatoms. The first-order valence-corrected chi connectivity index (χ1v) is 5.90. The summed E-state index contributed by atoms with van der Waals surface area (Å²) >= 11 is 5.92. The molecular formula is C14H14ClN3. The number of imidazole rings is 1. The second-order valence-electron chi connectivity index (χ2n) is 3.91. The van der Waals surface area contributed by atoms with E-state index >= 15 is 0 Å². The summed E-state index contributed by atoms with van der Waals surface area (Å²) in [5.41, 5.74) is 9.05. The van der Waals surface area contributed by atoms with Crippen molar-refractivity contribution in [1.29, 1.82) is 0 Å². The molecular weight excluding hydrogens is 246 g/mol. The second kappa shape index (κ2) is 5.10. The number of allylic oxidation sites excluding steroid dienone is 4. The Morgan fingerprint density at radius 1 is 1.44 bits per heavy atom. The summed E-state index contributed by atoms with van der Waals surface area (Å²) in [6.45, 7) is 5.46. The van der Waals surface area contributed by atoms with Gasteiger partial charge in [-0.3, -0.25) is 0 Å². The lowest BCUT2D eigenvalue weighted by Crippen LogP contribution is -1.99. The van der Waals surface area contributed by atoms with Gasteiger partial charge < -0.3 is 10.7 Å². The highest BCUT2D eigenvalue weighted by Gasteiger charge is 2.08. The molecule has 0 aliphatic carbocycles. The molecule has 0 fully saturated rings. The van der Waals surface area contributed by atoms with Crippen LogP contribution in [0.5, 0.6) is 0 Å². The fraction of sp³-hybridized carbons (Fsp3) is 0.0714. The van der Waals surface area contributed by atoms with Gasteiger partial charge in [-0.1, -0.05) is 30.3 Å². The van der Waals surface area contributed by atoms with E-state index < -0.39 is 0 Å². The molecule has 0 spiro atoms. The van der Waals surface area contributed by atoms with Crippen molar-refractivity contribution in [2.24, 2.45) is 5.73 Å². The quantitative estimate of drug-likeness (QED) is 0.828. The minimum absolute atomic E-state index is 0.536. The minimum Gasteiger partial charge on any atom is -0.398 e. The molecule has 18 heavy (non-hydrogen) atoms. The topological polar surface area (TPSA) is 54.7 Å². The molecule has 0 saturated heterocycles. The molecule has 92 valence electrons. The van der Waals surface area contributed by atoms with E-state index in [1.54, 1.807) is 19.1 Å². The first-order chi connectivity index (χ1) is 8.61. The molecule has 0 bridgehead atoms. The number of hydrogen-bond acceptors (Lipinski definition) is 2. The summed E-state index contributed by atoms with van der Waals surface area (Å²) in [4.78, 5) is 7.71. The standard InChI is InChI=1S/C14H14ClN3/c1-3-11(16)10(8-9(2)15)14-17-12-6-4-5-7-13(12)18-14/h3-8H,1,16H2,2H3,(H,17,18)/b9-8+,11-10-. The predicted molar refractivity (Wildman–Crippen MR) is 77.0 cm³/mol. The lowest BCUT2D eigenvalue weighted by Gasteiger charge is -2.02. The lowest BCUT2D eigenvalue weighted by atomic mass is 10.1. The minimum atomic E-state index is 0.536. The summed E-state index contributed by atoms with van der Waals surface area (Å²) in [5, 5.41) is 0.634. The molecule has 0 unspecified atom stereocenters. The lowest BCUT2D eigenvalue weighted by molar-refractivity contribution is 1.25. The number of nitrogens with zero attached hydrogens (tertiary/aromatic N) is 1. The zero-order valence-corrected chi connectivity index (χ0v) is 10.8. The van der Waals surface area contributed by atoms with Gasteiger partial charge in [-0.25, -0.2) is 4.98 Å². The number of benzene rings is 1. The molecule has 0 saturated carbocycles. The van der Waals surface area contributed by atoms with Crippen LogP contribution in [-0.4, -0.2) is 9.97 Å². The molecule has 0 atom stereocenters. The highest BCUT2D eigenvalue weighted by Crippen LogP contribution is 2.21. The fourth-order valence-electron chi connectivity index (χ4n) is 1.68. The number of hydrogen-bond donors (Lipinski definition) is 2. The van der Waals surface area contributed by atoms with Gasteiger partial charge in [0.15, 0.2) is 0 Å². The Morgan fingerprint density at radius 3 is 2.78 bits per heavy atom. The smallest absolute Gasteiger partial charge is 0.140 e. The van der Waals surface area contributed by atoms with Crippen LogP contribution in [0.3, 0.4) is 0 Å². The van der Waals surface area contributed by atoms with E-state index in [1.807, 2.05) is 24.3 Å². The maximum absolute atomic E-state index is 5.92. The molecule has 1 aromatic carbocycles. The average molecular weight is 260 g/mol. The largest absolute Gasteiger partial charge is 0.398 e. The van der Waals surface area contributed by atoms with Crippen molar-refractivity contribution < 1.29 is 0 Å². The van der Waals surface area contributed by atoms with Gasteiger partial charge >= 0.3 is 0 Å². The zero-order chi connectivity index (χ0) is 13.1. The van der Waals surface area contributed by atoms with Crippen LogP contribution in [0.2, 0.25) is 0 Å². The predicted octanol–water partition coefficient (Wildman–Crippen LogP) is 3.56. The summed E-state index contributed by atoms with van der Waals surface area (Å²) in [7, 11) is 0. The molecule has 1 heterocycles. The Bertz CT molecular complexity index is 613. The third-order valence-corrected chi connectivity index (χ3v) is 2.63. The highest BCUT2D eigenvalue weighted by molar-refractivity contribution is 6.29. The fourth-order valence-corrected chi connectivity index (χ4v) is 1.79. The molecule has 1 aromatic heterocycles. The third kappa shape index (κ3) is 2.46. The van der Waals surface area contributed by atoms with Gasteiger partial charge in [-0.05, 0) is 31.2 Å². The van der Waals surface area contributed by atoms with Crippen LogP contribution in [-0.2, 0) is 0 Å². The summed E-state index contributed by atoms with van der Waals surface area (Å²) in [5.74, 6) is 0.689. The Hall–Kier alpha value is -2.00. The van der Waals surface area contributed by atoms with Crippen LogP contribution in [0, 0.1) is 0 Å². The van der Waals surface area contributed by atoms with Gasteiger partial charge in [0.25, 0.3) is 0 Å². The van der Waals surface area contributed by atoms with Crippen molar-refractivity contribution in [2.45, 2.75) is 6.92 Å². The first-order valence-electron chi connectivity index (χ1n) is 5.53. The van der Waals surface area contributed by atoms with Crippen molar-refractivity contribution >= 4 is 28.2 Å². The maximum Gasteiger partial charge on any atom is 0.140 e. The monoisotopic (exact) mass is 259 g/mol. The number of nitrogens with one attached hydrogen (secondary N) is 1. The Kier molecular flexibility index (Phi) is 3.53. The van der Waals surface area contributed by atoms with Crippen molar-refractivity contribution in [3.63, 3.8) is 0 Å². The molecule has 0 amide bonds. The van der Waals surface area contributed by atoms with Crippen molar-refractivity contribution in [3.8, 4) is 0 Å². The summed E-state index contributed by atoms with van der Waals surface area (Å²) in [6, 6.07) is 7.79. The number of aromatic nitrogens is 2. The Labute approximate surface area is 111 Å². The van der Waals surface area contributed by atoms with Gasteiger partial charge in [-0.15, -0.1) is 0 Å². The van der Waals surface area contributed by atoms with Crippen molar-refractivity contribution in [2.75, 3.05) is 0 Å². The van der Waals surface area contributed by atoms with Crippen LogP contribution in [0.4, 0.5) is 0 Å². The molecule has 0 aliphatic heterocycles. The van der Waals surface area contributed by atoms with E-state index in [9.17, 15) is 0 Å². The number of H-pyrrole nitrogens is 1. The molecule has 2 rings (SSSR count). The van der Waals surface area contributed by atoms with Crippen LogP contribution in [0.15, 0.2) is 53.7 Å². The number of aromatic amines is 1. The van der Waals surface area contributed by atoms with Crippen LogP contribution < -0.4 is 5.73 Å². The van der Waals surface area contributed by atoms with E-state index in [1.165, 1.54) is 0 Å². The maximum atomic E-state index is 5.92. The molecule has 2 aromatic rings.